The molecule has 1 heterocycles. The predicted octanol–water partition coefficient (Wildman–Crippen LogP) is 3.00. The maximum atomic E-state index is 13.0. The monoisotopic (exact) mass is 313 g/mol. The molecule has 1 amide bonds. The minimum absolute atomic E-state index is 0.0805. The van der Waals surface area contributed by atoms with Crippen LogP contribution < -0.4 is 0 Å². The first-order valence-electron chi connectivity index (χ1n) is 6.22. The van der Waals surface area contributed by atoms with E-state index in [4.69, 9.17) is 0 Å². The highest BCUT2D eigenvalue weighted by molar-refractivity contribution is 9.09. The Morgan fingerprint density at radius 2 is 2.33 bits per heavy atom. The largest absolute Gasteiger partial charge is 0.341 e. The molecular weight excluding hydrogens is 297 g/mol. The van der Waals surface area contributed by atoms with Gasteiger partial charge in [0.1, 0.15) is 5.82 Å². The van der Waals surface area contributed by atoms with E-state index in [9.17, 15) is 9.18 Å². The number of hydrogen-bond donors (Lipinski definition) is 0. The van der Waals surface area contributed by atoms with Crippen molar-refractivity contribution in [2.75, 3.05) is 13.1 Å². The van der Waals surface area contributed by atoms with Gasteiger partial charge in [0.25, 0.3) is 0 Å². The third-order valence-corrected chi connectivity index (χ3v) is 4.66. The molecule has 2 unspecified atom stereocenters. The van der Waals surface area contributed by atoms with E-state index in [0.717, 1.165) is 25.1 Å². The summed E-state index contributed by atoms with van der Waals surface area (Å²) in [7, 11) is 0. The highest BCUT2D eigenvalue weighted by atomic mass is 79.9. The lowest BCUT2D eigenvalue weighted by molar-refractivity contribution is -0.131. The molecule has 1 aliphatic heterocycles. The quantitative estimate of drug-likeness (QED) is 0.769. The van der Waals surface area contributed by atoms with Gasteiger partial charge in [-0.1, -0.05) is 35.0 Å². The number of carbonyl (C=O) groups is 1. The van der Waals surface area contributed by atoms with E-state index in [2.05, 4.69) is 22.9 Å². The number of hydrogen-bond acceptors (Lipinski definition) is 1. The minimum atomic E-state index is -0.286. The molecule has 0 saturated carbocycles. The number of amides is 1. The number of likely N-dealkylation sites (tertiary alicyclic amines) is 1. The Morgan fingerprint density at radius 1 is 1.56 bits per heavy atom. The fourth-order valence-corrected chi connectivity index (χ4v) is 2.80. The van der Waals surface area contributed by atoms with Crippen molar-refractivity contribution in [2.45, 2.75) is 24.6 Å². The second-order valence-electron chi connectivity index (χ2n) is 4.93. The zero-order valence-corrected chi connectivity index (χ0v) is 12.0. The molecule has 1 aromatic rings. The van der Waals surface area contributed by atoms with Crippen LogP contribution in [0.15, 0.2) is 24.3 Å². The number of alkyl halides is 1. The number of piperidine rings is 1. The molecule has 0 aliphatic carbocycles. The smallest absolute Gasteiger partial charge is 0.227 e. The van der Waals surface area contributed by atoms with Crippen molar-refractivity contribution in [3.63, 3.8) is 0 Å². The molecular formula is C14H17BrFNO. The van der Waals surface area contributed by atoms with Crippen LogP contribution in [-0.4, -0.2) is 28.7 Å². The van der Waals surface area contributed by atoms with Crippen molar-refractivity contribution in [1.29, 1.82) is 0 Å². The first kappa shape index (κ1) is 13.5. The van der Waals surface area contributed by atoms with Crippen molar-refractivity contribution in [1.82, 2.24) is 4.90 Å². The number of rotatable bonds is 2. The first-order valence-corrected chi connectivity index (χ1v) is 7.14. The van der Waals surface area contributed by atoms with E-state index < -0.39 is 0 Å². The second kappa shape index (κ2) is 5.83. The summed E-state index contributed by atoms with van der Waals surface area (Å²) < 4.78 is 13.0. The van der Waals surface area contributed by atoms with Gasteiger partial charge in [-0.2, -0.15) is 0 Å². The predicted molar refractivity (Wildman–Crippen MR) is 73.2 cm³/mol. The summed E-state index contributed by atoms with van der Waals surface area (Å²) in [6.45, 7) is 3.74. The Balaban J connectivity index is 1.96. The first-order chi connectivity index (χ1) is 8.56. The summed E-state index contributed by atoms with van der Waals surface area (Å²) in [5, 5.41) is 0. The SMILES string of the molecule is CC1CCN(C(=O)Cc2cccc(F)c2)CC1Br. The van der Waals surface area contributed by atoms with Crippen LogP contribution in [0.1, 0.15) is 18.9 Å². The van der Waals surface area contributed by atoms with Crippen molar-refractivity contribution < 1.29 is 9.18 Å². The van der Waals surface area contributed by atoms with Crippen LogP contribution in [0.5, 0.6) is 0 Å². The lowest BCUT2D eigenvalue weighted by Gasteiger charge is -2.34. The lowest BCUT2D eigenvalue weighted by atomic mass is 9.98. The summed E-state index contributed by atoms with van der Waals surface area (Å²) in [6.07, 6.45) is 1.30. The Labute approximate surface area is 115 Å². The zero-order valence-electron chi connectivity index (χ0n) is 10.4. The molecule has 1 aliphatic rings. The summed E-state index contributed by atoms with van der Waals surface area (Å²) in [4.78, 5) is 14.3. The van der Waals surface area contributed by atoms with Crippen LogP contribution in [0.25, 0.3) is 0 Å². The van der Waals surface area contributed by atoms with Crippen LogP contribution in [0.4, 0.5) is 4.39 Å². The molecule has 18 heavy (non-hydrogen) atoms. The van der Waals surface area contributed by atoms with E-state index in [1.807, 2.05) is 4.90 Å². The van der Waals surface area contributed by atoms with Gasteiger partial charge in [-0.15, -0.1) is 0 Å². The molecule has 1 fully saturated rings. The van der Waals surface area contributed by atoms with E-state index in [-0.39, 0.29) is 18.1 Å². The summed E-state index contributed by atoms with van der Waals surface area (Å²) in [5.41, 5.74) is 0.741. The van der Waals surface area contributed by atoms with E-state index in [1.54, 1.807) is 12.1 Å². The minimum Gasteiger partial charge on any atom is -0.341 e. The van der Waals surface area contributed by atoms with Crippen LogP contribution in [0.3, 0.4) is 0 Å². The molecule has 2 nitrogen and oxygen atoms in total. The van der Waals surface area contributed by atoms with Crippen LogP contribution in [0.2, 0.25) is 0 Å². The normalized spacial score (nSPS) is 24.1. The van der Waals surface area contributed by atoms with E-state index in [1.165, 1.54) is 12.1 Å². The molecule has 0 radical (unpaired) electrons. The average molecular weight is 314 g/mol. The summed E-state index contributed by atoms with van der Waals surface area (Å²) in [5.74, 6) is 0.395. The van der Waals surface area contributed by atoms with Crippen LogP contribution in [-0.2, 0) is 11.2 Å². The van der Waals surface area contributed by atoms with Crippen LogP contribution >= 0.6 is 15.9 Å². The highest BCUT2D eigenvalue weighted by Gasteiger charge is 2.26. The topological polar surface area (TPSA) is 20.3 Å². The summed E-state index contributed by atoms with van der Waals surface area (Å²) >= 11 is 3.61. The Morgan fingerprint density at radius 3 is 3.00 bits per heavy atom. The van der Waals surface area contributed by atoms with Crippen molar-refractivity contribution >= 4 is 21.8 Å². The average Bonchev–Trinajstić information content (AvgIpc) is 2.32. The maximum Gasteiger partial charge on any atom is 0.227 e. The van der Waals surface area contributed by atoms with Gasteiger partial charge < -0.3 is 4.90 Å². The van der Waals surface area contributed by atoms with Gasteiger partial charge >= 0.3 is 0 Å². The molecule has 2 rings (SSSR count). The van der Waals surface area contributed by atoms with Gasteiger partial charge in [0.15, 0.2) is 0 Å². The highest BCUT2D eigenvalue weighted by Crippen LogP contribution is 2.23. The molecule has 1 aromatic carbocycles. The molecule has 0 spiro atoms. The third kappa shape index (κ3) is 3.31. The molecule has 1 saturated heterocycles. The number of carbonyl (C=O) groups excluding carboxylic acids is 1. The zero-order chi connectivity index (χ0) is 13.1. The number of benzene rings is 1. The second-order valence-corrected chi connectivity index (χ2v) is 6.10. The third-order valence-electron chi connectivity index (χ3n) is 3.46. The van der Waals surface area contributed by atoms with Gasteiger partial charge in [-0.3, -0.25) is 4.79 Å². The lowest BCUT2D eigenvalue weighted by Crippen LogP contribution is -2.44. The van der Waals surface area contributed by atoms with Crippen molar-refractivity contribution in [2.24, 2.45) is 5.92 Å². The van der Waals surface area contributed by atoms with E-state index >= 15 is 0 Å². The number of halogens is 2. The molecule has 4 heteroatoms. The Kier molecular flexibility index (Phi) is 4.38. The fraction of sp³-hybridized carbons (Fsp3) is 0.500. The van der Waals surface area contributed by atoms with Gasteiger partial charge in [0, 0.05) is 17.9 Å². The van der Waals surface area contributed by atoms with E-state index in [0.29, 0.717) is 10.7 Å². The fourth-order valence-electron chi connectivity index (χ4n) is 2.18. The van der Waals surface area contributed by atoms with Gasteiger partial charge in [-0.05, 0) is 30.0 Å². The molecule has 98 valence electrons. The maximum absolute atomic E-state index is 13.0. The molecule has 2 atom stereocenters. The summed E-state index contributed by atoms with van der Waals surface area (Å²) in [6, 6.07) is 6.25. The Bertz CT molecular complexity index is 438. The Hall–Kier alpha value is -0.900. The van der Waals surface area contributed by atoms with Gasteiger partial charge in [-0.25, -0.2) is 4.39 Å². The molecule has 0 aromatic heterocycles. The van der Waals surface area contributed by atoms with Crippen molar-refractivity contribution in [3.8, 4) is 0 Å². The van der Waals surface area contributed by atoms with Gasteiger partial charge in [0.2, 0.25) is 5.91 Å². The standard InChI is InChI=1S/C14H17BrFNO/c1-10-5-6-17(9-13(10)15)14(18)8-11-3-2-4-12(16)7-11/h2-4,7,10,13H,5-6,8-9H2,1H3. The van der Waals surface area contributed by atoms with Crippen LogP contribution in [0, 0.1) is 11.7 Å². The molecule has 0 bridgehead atoms. The molecule has 0 N–H and O–H groups in total. The van der Waals surface area contributed by atoms with Gasteiger partial charge in [0.05, 0.1) is 6.42 Å². The number of nitrogens with zero attached hydrogens (tertiary/aromatic N) is 1. The van der Waals surface area contributed by atoms with Crippen molar-refractivity contribution in [3.05, 3.63) is 35.6 Å².